The number of hydrogen-bond donors (Lipinski definition) is 0. The lowest BCUT2D eigenvalue weighted by Crippen LogP contribution is -2.51. The van der Waals surface area contributed by atoms with E-state index in [0.717, 1.165) is 16.7 Å². The maximum atomic E-state index is 12.7. The van der Waals surface area contributed by atoms with Gasteiger partial charge in [-0.25, -0.2) is 0 Å². The molecule has 2 aromatic rings. The third kappa shape index (κ3) is 4.27. The fourth-order valence-electron chi connectivity index (χ4n) is 3.42. The molecule has 1 aliphatic rings. The van der Waals surface area contributed by atoms with E-state index in [1.165, 1.54) is 0 Å². The van der Waals surface area contributed by atoms with Crippen LogP contribution in [-0.2, 0) is 11.2 Å². The van der Waals surface area contributed by atoms with Crippen molar-refractivity contribution in [2.24, 2.45) is 0 Å². The van der Waals surface area contributed by atoms with Gasteiger partial charge in [-0.15, -0.1) is 0 Å². The van der Waals surface area contributed by atoms with Crippen LogP contribution in [0.25, 0.3) is 0 Å². The lowest BCUT2D eigenvalue weighted by atomic mass is 10.1. The molecule has 0 spiro atoms. The Hall–Kier alpha value is -3.02. The van der Waals surface area contributed by atoms with Gasteiger partial charge in [-0.2, -0.15) is 0 Å². The summed E-state index contributed by atoms with van der Waals surface area (Å²) in [6.45, 7) is 4.12. The highest BCUT2D eigenvalue weighted by Gasteiger charge is 2.25. The smallest absolute Gasteiger partial charge is 0.254 e. The predicted molar refractivity (Wildman–Crippen MR) is 107 cm³/mol. The third-order valence-electron chi connectivity index (χ3n) is 5.10. The average Bonchev–Trinajstić information content (AvgIpc) is 2.73. The highest BCUT2D eigenvalue weighted by atomic mass is 16.5. The first-order valence-electron chi connectivity index (χ1n) is 9.37. The lowest BCUT2D eigenvalue weighted by molar-refractivity contribution is -0.131. The SMILES string of the molecule is COc1ccc(CC(=O)N2CCN(C(=O)c3ccccc3C)CC2)cc1OC. The van der Waals surface area contributed by atoms with Crippen LogP contribution in [0.15, 0.2) is 42.5 Å². The highest BCUT2D eigenvalue weighted by Crippen LogP contribution is 2.28. The zero-order valence-corrected chi connectivity index (χ0v) is 16.6. The first-order valence-corrected chi connectivity index (χ1v) is 9.37. The van der Waals surface area contributed by atoms with Crippen molar-refractivity contribution in [3.05, 3.63) is 59.2 Å². The van der Waals surface area contributed by atoms with Crippen LogP contribution in [-0.4, -0.2) is 62.0 Å². The molecule has 6 heteroatoms. The lowest BCUT2D eigenvalue weighted by Gasteiger charge is -2.35. The number of benzene rings is 2. The first kappa shape index (κ1) is 19.7. The van der Waals surface area contributed by atoms with Crippen molar-refractivity contribution >= 4 is 11.8 Å². The van der Waals surface area contributed by atoms with Crippen LogP contribution in [0.3, 0.4) is 0 Å². The number of rotatable bonds is 5. The summed E-state index contributed by atoms with van der Waals surface area (Å²) >= 11 is 0. The van der Waals surface area contributed by atoms with Gasteiger partial charge in [0.15, 0.2) is 11.5 Å². The Kier molecular flexibility index (Phi) is 6.19. The van der Waals surface area contributed by atoms with E-state index in [1.807, 2.05) is 53.1 Å². The van der Waals surface area contributed by atoms with Gasteiger partial charge in [0.1, 0.15) is 0 Å². The monoisotopic (exact) mass is 382 g/mol. The van der Waals surface area contributed by atoms with Crippen LogP contribution < -0.4 is 9.47 Å². The van der Waals surface area contributed by atoms with Crippen molar-refractivity contribution in [1.82, 2.24) is 9.80 Å². The number of aryl methyl sites for hydroxylation is 1. The zero-order chi connectivity index (χ0) is 20.1. The Morgan fingerprint density at radius 2 is 1.54 bits per heavy atom. The number of piperazine rings is 1. The van der Waals surface area contributed by atoms with Gasteiger partial charge in [-0.3, -0.25) is 9.59 Å². The molecule has 1 aliphatic heterocycles. The molecule has 0 saturated carbocycles. The number of carbonyl (C=O) groups excluding carboxylic acids is 2. The molecule has 0 radical (unpaired) electrons. The molecule has 1 fully saturated rings. The molecule has 1 saturated heterocycles. The molecule has 3 rings (SSSR count). The highest BCUT2D eigenvalue weighted by molar-refractivity contribution is 5.95. The van der Waals surface area contributed by atoms with Crippen LogP contribution in [0, 0.1) is 6.92 Å². The van der Waals surface area contributed by atoms with Crippen LogP contribution in [0.5, 0.6) is 11.5 Å². The molecule has 0 aromatic heterocycles. The molecular formula is C22H26N2O4. The van der Waals surface area contributed by atoms with E-state index in [9.17, 15) is 9.59 Å². The standard InChI is InChI=1S/C22H26N2O4/c1-16-6-4-5-7-18(16)22(26)24-12-10-23(11-13-24)21(25)15-17-8-9-19(27-2)20(14-17)28-3/h4-9,14H,10-13,15H2,1-3H3. The van der Waals surface area contributed by atoms with Gasteiger partial charge in [-0.1, -0.05) is 24.3 Å². The van der Waals surface area contributed by atoms with Gasteiger partial charge in [0.2, 0.25) is 5.91 Å². The largest absolute Gasteiger partial charge is 0.493 e. The van der Waals surface area contributed by atoms with Gasteiger partial charge in [0, 0.05) is 31.7 Å². The molecule has 0 N–H and O–H groups in total. The summed E-state index contributed by atoms with van der Waals surface area (Å²) in [5, 5.41) is 0. The molecule has 0 atom stereocenters. The fourth-order valence-corrected chi connectivity index (χ4v) is 3.42. The van der Waals surface area contributed by atoms with Crippen LogP contribution in [0.4, 0.5) is 0 Å². The normalized spacial score (nSPS) is 14.0. The van der Waals surface area contributed by atoms with E-state index >= 15 is 0 Å². The molecule has 6 nitrogen and oxygen atoms in total. The number of methoxy groups -OCH3 is 2. The summed E-state index contributed by atoms with van der Waals surface area (Å²) in [7, 11) is 3.16. The van der Waals surface area contributed by atoms with Crippen LogP contribution in [0.1, 0.15) is 21.5 Å². The molecule has 2 aromatic carbocycles. The summed E-state index contributed by atoms with van der Waals surface area (Å²) in [5.41, 5.74) is 2.58. The molecule has 148 valence electrons. The van der Waals surface area contributed by atoms with E-state index in [4.69, 9.17) is 9.47 Å². The zero-order valence-electron chi connectivity index (χ0n) is 16.6. The quantitative estimate of drug-likeness (QED) is 0.797. The van der Waals surface area contributed by atoms with Crippen molar-refractivity contribution in [3.8, 4) is 11.5 Å². The van der Waals surface area contributed by atoms with E-state index in [2.05, 4.69) is 0 Å². The average molecular weight is 382 g/mol. The van der Waals surface area contributed by atoms with E-state index in [-0.39, 0.29) is 11.8 Å². The minimum absolute atomic E-state index is 0.0325. The van der Waals surface area contributed by atoms with Crippen LogP contribution in [0.2, 0.25) is 0 Å². The minimum atomic E-state index is 0.0325. The van der Waals surface area contributed by atoms with Gasteiger partial charge in [0.05, 0.1) is 20.6 Å². The minimum Gasteiger partial charge on any atom is -0.493 e. The van der Waals surface area contributed by atoms with Gasteiger partial charge < -0.3 is 19.3 Å². The van der Waals surface area contributed by atoms with Gasteiger partial charge in [-0.05, 0) is 36.2 Å². The number of ether oxygens (including phenoxy) is 2. The second-order valence-corrected chi connectivity index (χ2v) is 6.85. The summed E-state index contributed by atoms with van der Waals surface area (Å²) < 4.78 is 10.5. The number of amides is 2. The maximum absolute atomic E-state index is 12.7. The Labute approximate surface area is 165 Å². The van der Waals surface area contributed by atoms with Gasteiger partial charge in [0.25, 0.3) is 5.91 Å². The summed E-state index contributed by atoms with van der Waals surface area (Å²) in [6.07, 6.45) is 0.298. The number of hydrogen-bond acceptors (Lipinski definition) is 4. The van der Waals surface area contributed by atoms with E-state index in [0.29, 0.717) is 44.1 Å². The number of carbonyl (C=O) groups is 2. The molecule has 0 aliphatic carbocycles. The second kappa shape index (κ2) is 8.78. The maximum Gasteiger partial charge on any atom is 0.254 e. The molecule has 28 heavy (non-hydrogen) atoms. The van der Waals surface area contributed by atoms with Crippen molar-refractivity contribution in [1.29, 1.82) is 0 Å². The first-order chi connectivity index (χ1) is 13.5. The Morgan fingerprint density at radius 1 is 0.893 bits per heavy atom. The third-order valence-corrected chi connectivity index (χ3v) is 5.10. The molecule has 0 unspecified atom stereocenters. The summed E-state index contributed by atoms with van der Waals surface area (Å²) in [4.78, 5) is 29.0. The summed E-state index contributed by atoms with van der Waals surface area (Å²) in [6, 6.07) is 13.1. The second-order valence-electron chi connectivity index (χ2n) is 6.85. The predicted octanol–water partition coefficient (Wildman–Crippen LogP) is 2.54. The van der Waals surface area contributed by atoms with Crippen molar-refractivity contribution in [2.45, 2.75) is 13.3 Å². The Morgan fingerprint density at radius 3 is 2.18 bits per heavy atom. The van der Waals surface area contributed by atoms with Crippen molar-refractivity contribution in [3.63, 3.8) is 0 Å². The van der Waals surface area contributed by atoms with Crippen molar-refractivity contribution in [2.75, 3.05) is 40.4 Å². The molecule has 1 heterocycles. The fraction of sp³-hybridized carbons (Fsp3) is 0.364. The number of nitrogens with zero attached hydrogens (tertiary/aromatic N) is 2. The van der Waals surface area contributed by atoms with E-state index in [1.54, 1.807) is 20.3 Å². The summed E-state index contributed by atoms with van der Waals surface area (Å²) in [5.74, 6) is 1.34. The van der Waals surface area contributed by atoms with E-state index < -0.39 is 0 Å². The van der Waals surface area contributed by atoms with Crippen LogP contribution >= 0.6 is 0 Å². The molecular weight excluding hydrogens is 356 g/mol. The Balaban J connectivity index is 1.58. The van der Waals surface area contributed by atoms with Crippen molar-refractivity contribution < 1.29 is 19.1 Å². The van der Waals surface area contributed by atoms with Gasteiger partial charge >= 0.3 is 0 Å². The molecule has 2 amide bonds. The topological polar surface area (TPSA) is 59.1 Å². The Bertz CT molecular complexity index is 857. The molecule has 0 bridgehead atoms.